The topological polar surface area (TPSA) is 34.9 Å². The van der Waals surface area contributed by atoms with E-state index in [4.69, 9.17) is 11.6 Å². The van der Waals surface area contributed by atoms with Gasteiger partial charge in [-0.1, -0.05) is 11.6 Å². The summed E-state index contributed by atoms with van der Waals surface area (Å²) in [4.78, 5) is 10.6. The van der Waals surface area contributed by atoms with Crippen molar-refractivity contribution in [2.75, 3.05) is 0 Å². The van der Waals surface area contributed by atoms with Crippen LogP contribution in [0.2, 0.25) is 5.02 Å². The van der Waals surface area contributed by atoms with E-state index in [9.17, 15) is 4.79 Å². The molecular formula is C11H8BrClN2O. The van der Waals surface area contributed by atoms with E-state index in [2.05, 4.69) is 21.0 Å². The average Bonchev–Trinajstić information content (AvgIpc) is 2.58. The first-order valence-corrected chi connectivity index (χ1v) is 5.76. The minimum absolute atomic E-state index is 0.616. The summed E-state index contributed by atoms with van der Waals surface area (Å²) in [6.07, 6.45) is 2.54. The van der Waals surface area contributed by atoms with Crippen LogP contribution in [-0.4, -0.2) is 16.1 Å². The first-order chi connectivity index (χ1) is 7.61. The SMILES string of the molecule is Cc1nn(-c2ccc(C=O)cc2Br)cc1Cl. The summed E-state index contributed by atoms with van der Waals surface area (Å²) in [5, 5.41) is 4.88. The van der Waals surface area contributed by atoms with E-state index in [-0.39, 0.29) is 0 Å². The third kappa shape index (κ3) is 2.03. The molecule has 0 fully saturated rings. The van der Waals surface area contributed by atoms with Gasteiger partial charge in [-0.05, 0) is 41.1 Å². The van der Waals surface area contributed by atoms with Crippen LogP contribution in [-0.2, 0) is 0 Å². The van der Waals surface area contributed by atoms with E-state index in [1.165, 1.54) is 0 Å². The quantitative estimate of drug-likeness (QED) is 0.797. The second-order valence-corrected chi connectivity index (χ2v) is 4.60. The van der Waals surface area contributed by atoms with Crippen molar-refractivity contribution in [3.63, 3.8) is 0 Å². The molecular weight excluding hydrogens is 291 g/mol. The molecule has 5 heteroatoms. The van der Waals surface area contributed by atoms with E-state index >= 15 is 0 Å². The number of aromatic nitrogens is 2. The van der Waals surface area contributed by atoms with Gasteiger partial charge in [-0.3, -0.25) is 4.79 Å². The highest BCUT2D eigenvalue weighted by atomic mass is 79.9. The third-order valence-corrected chi connectivity index (χ3v) is 3.20. The number of aryl methyl sites for hydroxylation is 1. The van der Waals surface area contributed by atoms with Gasteiger partial charge in [0.2, 0.25) is 0 Å². The minimum atomic E-state index is 0.616. The van der Waals surface area contributed by atoms with Crippen molar-refractivity contribution >= 4 is 33.8 Å². The molecule has 1 heterocycles. The number of rotatable bonds is 2. The van der Waals surface area contributed by atoms with E-state index in [1.807, 2.05) is 13.0 Å². The van der Waals surface area contributed by atoms with Crippen molar-refractivity contribution in [2.45, 2.75) is 6.92 Å². The first-order valence-electron chi connectivity index (χ1n) is 4.58. The summed E-state index contributed by atoms with van der Waals surface area (Å²) in [6, 6.07) is 5.29. The summed E-state index contributed by atoms with van der Waals surface area (Å²) >= 11 is 9.33. The standard InChI is InChI=1S/C11H8BrClN2O/c1-7-10(13)5-15(14-7)11-3-2-8(6-16)4-9(11)12/h2-6H,1H3. The second-order valence-electron chi connectivity index (χ2n) is 3.34. The average molecular weight is 300 g/mol. The van der Waals surface area contributed by atoms with Crippen molar-refractivity contribution < 1.29 is 4.79 Å². The highest BCUT2D eigenvalue weighted by molar-refractivity contribution is 9.10. The zero-order chi connectivity index (χ0) is 11.7. The molecule has 2 aromatic rings. The number of aldehydes is 1. The van der Waals surface area contributed by atoms with Crippen LogP contribution in [0.15, 0.2) is 28.9 Å². The van der Waals surface area contributed by atoms with Crippen molar-refractivity contribution in [1.29, 1.82) is 0 Å². The lowest BCUT2D eigenvalue weighted by Crippen LogP contribution is -1.96. The molecule has 1 aromatic heterocycles. The number of nitrogens with zero attached hydrogens (tertiary/aromatic N) is 2. The molecule has 0 radical (unpaired) electrons. The number of carbonyl (C=O) groups is 1. The summed E-state index contributed by atoms with van der Waals surface area (Å²) < 4.78 is 2.48. The maximum Gasteiger partial charge on any atom is 0.150 e. The largest absolute Gasteiger partial charge is 0.298 e. The van der Waals surface area contributed by atoms with Crippen molar-refractivity contribution in [3.8, 4) is 5.69 Å². The van der Waals surface area contributed by atoms with Gasteiger partial charge in [0.25, 0.3) is 0 Å². The fourth-order valence-corrected chi connectivity index (χ4v) is 2.05. The van der Waals surface area contributed by atoms with Crippen LogP contribution in [0, 0.1) is 6.92 Å². The zero-order valence-corrected chi connectivity index (χ0v) is 10.8. The lowest BCUT2D eigenvalue weighted by molar-refractivity contribution is 0.112. The lowest BCUT2D eigenvalue weighted by Gasteiger charge is -2.04. The Morgan fingerprint density at radius 3 is 2.75 bits per heavy atom. The third-order valence-electron chi connectivity index (χ3n) is 2.19. The van der Waals surface area contributed by atoms with Crippen molar-refractivity contribution in [2.24, 2.45) is 0 Å². The molecule has 0 spiro atoms. The molecule has 16 heavy (non-hydrogen) atoms. The van der Waals surface area contributed by atoms with Gasteiger partial charge in [-0.15, -0.1) is 0 Å². The molecule has 0 saturated heterocycles. The molecule has 0 bridgehead atoms. The van der Waals surface area contributed by atoms with Gasteiger partial charge in [0.15, 0.2) is 0 Å². The van der Waals surface area contributed by atoms with Crippen molar-refractivity contribution in [3.05, 3.63) is 45.1 Å². The van der Waals surface area contributed by atoms with Crippen LogP contribution in [0.1, 0.15) is 16.1 Å². The second kappa shape index (κ2) is 4.39. The van der Waals surface area contributed by atoms with Gasteiger partial charge in [0.05, 0.1) is 16.4 Å². The van der Waals surface area contributed by atoms with E-state index in [0.717, 1.165) is 22.1 Å². The number of halogens is 2. The monoisotopic (exact) mass is 298 g/mol. The van der Waals surface area contributed by atoms with E-state index in [0.29, 0.717) is 10.6 Å². The molecule has 0 amide bonds. The van der Waals surface area contributed by atoms with Crippen LogP contribution < -0.4 is 0 Å². The van der Waals surface area contributed by atoms with Gasteiger partial charge in [-0.25, -0.2) is 4.68 Å². The summed E-state index contributed by atoms with van der Waals surface area (Å²) in [5.74, 6) is 0. The molecule has 0 aliphatic carbocycles. The predicted octanol–water partition coefficient (Wildman–Crippen LogP) is 3.41. The molecule has 82 valence electrons. The molecule has 0 unspecified atom stereocenters. The number of carbonyl (C=O) groups excluding carboxylic acids is 1. The summed E-state index contributed by atoms with van der Waals surface area (Å²) in [7, 11) is 0. The Hall–Kier alpha value is -1.13. The van der Waals surface area contributed by atoms with Gasteiger partial charge in [-0.2, -0.15) is 5.10 Å². The number of benzene rings is 1. The molecule has 1 aromatic carbocycles. The fourth-order valence-electron chi connectivity index (χ4n) is 1.34. The zero-order valence-electron chi connectivity index (χ0n) is 8.45. The normalized spacial score (nSPS) is 10.4. The lowest BCUT2D eigenvalue weighted by atomic mass is 10.2. The molecule has 0 aliphatic heterocycles. The Balaban J connectivity index is 2.52. The Morgan fingerprint density at radius 1 is 1.50 bits per heavy atom. The molecule has 0 N–H and O–H groups in total. The maximum atomic E-state index is 10.6. The Kier molecular flexibility index (Phi) is 3.12. The Labute approximate surface area is 106 Å². The van der Waals surface area contributed by atoms with E-state index in [1.54, 1.807) is 23.0 Å². The minimum Gasteiger partial charge on any atom is -0.298 e. The summed E-state index contributed by atoms with van der Waals surface area (Å²) in [6.45, 7) is 1.84. The van der Waals surface area contributed by atoms with Crippen molar-refractivity contribution in [1.82, 2.24) is 9.78 Å². The molecule has 0 aliphatic rings. The molecule has 0 saturated carbocycles. The van der Waals surface area contributed by atoms with Gasteiger partial charge < -0.3 is 0 Å². The van der Waals surface area contributed by atoms with Gasteiger partial charge in [0, 0.05) is 16.2 Å². The molecule has 3 nitrogen and oxygen atoms in total. The van der Waals surface area contributed by atoms with Crippen LogP contribution >= 0.6 is 27.5 Å². The van der Waals surface area contributed by atoms with Crippen LogP contribution in [0.3, 0.4) is 0 Å². The highest BCUT2D eigenvalue weighted by Gasteiger charge is 2.07. The number of hydrogen-bond donors (Lipinski definition) is 0. The maximum absolute atomic E-state index is 10.6. The number of hydrogen-bond acceptors (Lipinski definition) is 2. The van der Waals surface area contributed by atoms with E-state index < -0.39 is 0 Å². The molecule has 0 atom stereocenters. The van der Waals surface area contributed by atoms with Crippen LogP contribution in [0.4, 0.5) is 0 Å². The highest BCUT2D eigenvalue weighted by Crippen LogP contribution is 2.24. The van der Waals surface area contributed by atoms with Crippen LogP contribution in [0.5, 0.6) is 0 Å². The summed E-state index contributed by atoms with van der Waals surface area (Å²) in [5.41, 5.74) is 2.24. The first kappa shape index (κ1) is 11.4. The predicted molar refractivity (Wildman–Crippen MR) is 66.4 cm³/mol. The van der Waals surface area contributed by atoms with Crippen LogP contribution in [0.25, 0.3) is 5.69 Å². The Morgan fingerprint density at radius 2 is 2.25 bits per heavy atom. The van der Waals surface area contributed by atoms with Gasteiger partial charge >= 0.3 is 0 Å². The fraction of sp³-hybridized carbons (Fsp3) is 0.0909. The smallest absolute Gasteiger partial charge is 0.150 e. The van der Waals surface area contributed by atoms with Gasteiger partial charge in [0.1, 0.15) is 6.29 Å². The Bertz CT molecular complexity index is 531. The molecule has 2 rings (SSSR count).